The first-order valence-electron chi connectivity index (χ1n) is 7.52. The molecule has 0 atom stereocenters. The smallest absolute Gasteiger partial charge is 0.254 e. The van der Waals surface area contributed by atoms with E-state index in [1.54, 1.807) is 23.2 Å². The average molecular weight is 346 g/mol. The molecular formula is C16H18N4O3S. The molecule has 0 unspecified atom stereocenters. The van der Waals surface area contributed by atoms with Gasteiger partial charge in [-0.05, 0) is 18.2 Å². The first-order valence-corrected chi connectivity index (χ1v) is 9.00. The molecule has 2 N–H and O–H groups in total. The Kier molecular flexibility index (Phi) is 4.50. The van der Waals surface area contributed by atoms with E-state index in [1.165, 1.54) is 18.2 Å². The van der Waals surface area contributed by atoms with Gasteiger partial charge in [0.15, 0.2) is 0 Å². The third-order valence-electron chi connectivity index (χ3n) is 3.90. The summed E-state index contributed by atoms with van der Waals surface area (Å²) in [4.78, 5) is 14.4. The lowest BCUT2D eigenvalue weighted by Crippen LogP contribution is -2.35. The number of rotatable bonds is 5. The Hall–Kier alpha value is -2.45. The summed E-state index contributed by atoms with van der Waals surface area (Å²) in [5, 5.41) is 6.91. The predicted octanol–water partition coefficient (Wildman–Crippen LogP) is 1.07. The van der Waals surface area contributed by atoms with Crippen molar-refractivity contribution < 1.29 is 13.2 Å². The molecule has 0 radical (unpaired) electrons. The molecule has 0 saturated carbocycles. The van der Waals surface area contributed by atoms with Crippen LogP contribution in [-0.4, -0.2) is 42.5 Å². The number of aromatic amines is 1. The second kappa shape index (κ2) is 6.58. The van der Waals surface area contributed by atoms with Gasteiger partial charge >= 0.3 is 0 Å². The van der Waals surface area contributed by atoms with Crippen molar-refractivity contribution in [3.63, 3.8) is 0 Å². The maximum atomic E-state index is 12.7. The molecule has 8 heteroatoms. The number of H-pyrrole nitrogens is 1. The highest BCUT2D eigenvalue weighted by Gasteiger charge is 2.24. The van der Waals surface area contributed by atoms with Gasteiger partial charge in [0.05, 0.1) is 11.1 Å². The molecule has 2 heterocycles. The zero-order valence-electron chi connectivity index (χ0n) is 13.0. The van der Waals surface area contributed by atoms with Gasteiger partial charge in [-0.2, -0.15) is 5.10 Å². The van der Waals surface area contributed by atoms with E-state index in [1.807, 2.05) is 0 Å². The number of amides is 1. The number of sulfonamides is 1. The maximum Gasteiger partial charge on any atom is 0.254 e. The largest absolute Gasteiger partial charge is 0.334 e. The number of benzene rings is 1. The minimum Gasteiger partial charge on any atom is -0.334 e. The van der Waals surface area contributed by atoms with Crippen molar-refractivity contribution in [2.75, 3.05) is 13.1 Å². The molecule has 0 fully saturated rings. The van der Waals surface area contributed by atoms with E-state index in [9.17, 15) is 13.2 Å². The second-order valence-corrected chi connectivity index (χ2v) is 7.29. The van der Waals surface area contributed by atoms with Crippen molar-refractivity contribution in [2.24, 2.45) is 0 Å². The van der Waals surface area contributed by atoms with Gasteiger partial charge < -0.3 is 4.90 Å². The molecule has 0 saturated heterocycles. The van der Waals surface area contributed by atoms with Crippen molar-refractivity contribution in [3.8, 4) is 0 Å². The van der Waals surface area contributed by atoms with Crippen LogP contribution in [0.2, 0.25) is 0 Å². The fraction of sp³-hybridized carbons (Fsp3) is 0.250. The fourth-order valence-electron chi connectivity index (χ4n) is 2.63. The molecule has 7 nitrogen and oxygen atoms in total. The molecule has 0 spiro atoms. The fourth-order valence-corrected chi connectivity index (χ4v) is 3.67. The standard InChI is InChI=1S/C16H18N4O3S/c1-2-7-18-24(22,23)14-5-3-4-12(9-14)16(21)20-8-6-15-13(11-20)10-17-19-15/h2-5,9-10,18H,1,6-8,11H2,(H,17,19). The van der Waals surface area contributed by atoms with Crippen LogP contribution in [0.5, 0.6) is 0 Å². The third kappa shape index (κ3) is 3.24. The highest BCUT2D eigenvalue weighted by atomic mass is 32.2. The molecule has 1 aromatic heterocycles. The van der Waals surface area contributed by atoms with E-state index < -0.39 is 10.0 Å². The lowest BCUT2D eigenvalue weighted by molar-refractivity contribution is 0.0734. The second-order valence-electron chi connectivity index (χ2n) is 5.52. The number of hydrogen-bond acceptors (Lipinski definition) is 4. The first kappa shape index (κ1) is 16.4. The van der Waals surface area contributed by atoms with Gasteiger partial charge in [0, 0.05) is 42.9 Å². The minimum atomic E-state index is -3.66. The average Bonchev–Trinajstić information content (AvgIpc) is 3.07. The Morgan fingerprint density at radius 1 is 1.46 bits per heavy atom. The molecule has 1 aliphatic heterocycles. The van der Waals surface area contributed by atoms with E-state index in [2.05, 4.69) is 21.5 Å². The van der Waals surface area contributed by atoms with E-state index in [-0.39, 0.29) is 17.3 Å². The van der Waals surface area contributed by atoms with E-state index in [0.717, 1.165) is 11.3 Å². The quantitative estimate of drug-likeness (QED) is 0.792. The summed E-state index contributed by atoms with van der Waals surface area (Å²) in [5.74, 6) is -0.192. The number of hydrogen-bond donors (Lipinski definition) is 2. The monoisotopic (exact) mass is 346 g/mol. The highest BCUT2D eigenvalue weighted by Crippen LogP contribution is 2.19. The maximum absolute atomic E-state index is 12.7. The summed E-state index contributed by atoms with van der Waals surface area (Å²) >= 11 is 0. The number of nitrogens with zero attached hydrogens (tertiary/aromatic N) is 2. The SMILES string of the molecule is C=CCNS(=O)(=O)c1cccc(C(=O)N2CCc3[nH]ncc3C2)c1. The number of nitrogens with one attached hydrogen (secondary N) is 2. The number of aromatic nitrogens is 2. The Balaban J connectivity index is 1.81. The number of carbonyl (C=O) groups excluding carboxylic acids is 1. The Morgan fingerprint density at radius 3 is 3.08 bits per heavy atom. The molecule has 24 heavy (non-hydrogen) atoms. The predicted molar refractivity (Wildman–Crippen MR) is 88.9 cm³/mol. The molecule has 3 rings (SSSR count). The molecule has 126 valence electrons. The topological polar surface area (TPSA) is 95.2 Å². The van der Waals surface area contributed by atoms with Gasteiger partial charge in [-0.25, -0.2) is 13.1 Å². The molecular weight excluding hydrogens is 328 g/mol. The van der Waals surface area contributed by atoms with Crippen LogP contribution < -0.4 is 4.72 Å². The summed E-state index contributed by atoms with van der Waals surface area (Å²) in [6.45, 7) is 4.66. The van der Waals surface area contributed by atoms with Crippen LogP contribution in [0.3, 0.4) is 0 Å². The van der Waals surface area contributed by atoms with Crippen LogP contribution in [0.15, 0.2) is 48.0 Å². The Morgan fingerprint density at radius 2 is 2.29 bits per heavy atom. The summed E-state index contributed by atoms with van der Waals surface area (Å²) in [6.07, 6.45) is 3.89. The van der Waals surface area contributed by atoms with Crippen LogP contribution in [-0.2, 0) is 23.0 Å². The van der Waals surface area contributed by atoms with Crippen molar-refractivity contribution in [3.05, 3.63) is 59.9 Å². The summed E-state index contributed by atoms with van der Waals surface area (Å²) in [6, 6.07) is 6.06. The highest BCUT2D eigenvalue weighted by molar-refractivity contribution is 7.89. The Labute approximate surface area is 140 Å². The van der Waals surface area contributed by atoms with E-state index >= 15 is 0 Å². The van der Waals surface area contributed by atoms with Crippen molar-refractivity contribution in [1.29, 1.82) is 0 Å². The molecule has 2 aromatic rings. The van der Waals surface area contributed by atoms with Gasteiger partial charge in [-0.3, -0.25) is 9.89 Å². The van der Waals surface area contributed by atoms with Crippen LogP contribution >= 0.6 is 0 Å². The van der Waals surface area contributed by atoms with Gasteiger partial charge in [0.25, 0.3) is 5.91 Å². The molecule has 0 bridgehead atoms. The van der Waals surface area contributed by atoms with Crippen LogP contribution in [0.4, 0.5) is 0 Å². The molecule has 0 aliphatic carbocycles. The third-order valence-corrected chi connectivity index (χ3v) is 5.32. The van der Waals surface area contributed by atoms with Crippen LogP contribution in [0, 0.1) is 0 Å². The normalized spacial score (nSPS) is 14.2. The van der Waals surface area contributed by atoms with Gasteiger partial charge in [0.2, 0.25) is 10.0 Å². The zero-order valence-corrected chi connectivity index (χ0v) is 13.8. The molecule has 1 aliphatic rings. The summed E-state index contributed by atoms with van der Waals surface area (Å²) in [7, 11) is -3.66. The lowest BCUT2D eigenvalue weighted by Gasteiger charge is -2.26. The van der Waals surface area contributed by atoms with Crippen molar-refractivity contribution >= 4 is 15.9 Å². The van der Waals surface area contributed by atoms with Crippen LogP contribution in [0.25, 0.3) is 0 Å². The molecule has 1 aromatic carbocycles. The molecule has 1 amide bonds. The van der Waals surface area contributed by atoms with Gasteiger partial charge in [0.1, 0.15) is 0 Å². The summed E-state index contributed by atoms with van der Waals surface area (Å²) in [5.41, 5.74) is 2.39. The lowest BCUT2D eigenvalue weighted by atomic mass is 10.1. The van der Waals surface area contributed by atoms with Gasteiger partial charge in [-0.15, -0.1) is 6.58 Å². The van der Waals surface area contributed by atoms with Gasteiger partial charge in [-0.1, -0.05) is 12.1 Å². The Bertz CT molecular complexity index is 873. The van der Waals surface area contributed by atoms with Crippen LogP contribution in [0.1, 0.15) is 21.6 Å². The number of fused-ring (bicyclic) bond motifs is 1. The zero-order chi connectivity index (χ0) is 17.2. The number of carbonyl (C=O) groups is 1. The summed E-state index contributed by atoms with van der Waals surface area (Å²) < 4.78 is 26.7. The first-order chi connectivity index (χ1) is 11.5. The van der Waals surface area contributed by atoms with Crippen molar-refractivity contribution in [1.82, 2.24) is 19.8 Å². The van der Waals surface area contributed by atoms with E-state index in [0.29, 0.717) is 25.1 Å². The van der Waals surface area contributed by atoms with E-state index in [4.69, 9.17) is 0 Å². The van der Waals surface area contributed by atoms with Crippen molar-refractivity contribution in [2.45, 2.75) is 17.9 Å². The minimum absolute atomic E-state index is 0.0659.